The van der Waals surface area contributed by atoms with Crippen molar-refractivity contribution < 1.29 is 22.2 Å². The van der Waals surface area contributed by atoms with Gasteiger partial charge in [0.2, 0.25) is 5.91 Å². The van der Waals surface area contributed by atoms with Crippen molar-refractivity contribution in [3.05, 3.63) is 0 Å². The number of amides is 1. The lowest BCUT2D eigenvalue weighted by Crippen LogP contribution is -2.36. The number of rotatable bonds is 6. The summed E-state index contributed by atoms with van der Waals surface area (Å²) in [4.78, 5) is 35.4. The summed E-state index contributed by atoms with van der Waals surface area (Å²) in [5.74, 6) is -1.01. The molecule has 0 aliphatic carbocycles. The van der Waals surface area contributed by atoms with Gasteiger partial charge >= 0.3 is 11.9 Å². The molecule has 19 heavy (non-hydrogen) atoms. The molecular formula is C12H20INO5. The number of esters is 1. The van der Waals surface area contributed by atoms with Crippen molar-refractivity contribution in [3.8, 4) is 0 Å². The molecule has 0 radical (unpaired) electrons. The molecule has 0 heterocycles. The van der Waals surface area contributed by atoms with Gasteiger partial charge in [-0.1, -0.05) is 0 Å². The summed E-state index contributed by atoms with van der Waals surface area (Å²) in [7, 11) is 1.53. The van der Waals surface area contributed by atoms with Gasteiger partial charge in [0.15, 0.2) is 23.0 Å². The molecule has 0 N–H and O–H groups in total. The van der Waals surface area contributed by atoms with Gasteiger partial charge < -0.3 is 12.7 Å². The molecule has 0 saturated heterocycles. The van der Waals surface area contributed by atoms with Gasteiger partial charge in [0, 0.05) is 19.9 Å². The third-order valence-electron chi connectivity index (χ3n) is 2.07. The summed E-state index contributed by atoms with van der Waals surface area (Å²) in [5.41, 5.74) is -0.564. The second-order valence-corrected chi connectivity index (χ2v) is 5.58. The van der Waals surface area contributed by atoms with Crippen LogP contribution in [0.15, 0.2) is 0 Å². The van der Waals surface area contributed by atoms with Gasteiger partial charge in [0.1, 0.15) is 12.1 Å². The Bertz CT molecular complexity index is 338. The molecule has 0 saturated carbocycles. The quantitative estimate of drug-likeness (QED) is 0.516. The fraction of sp³-hybridized carbons (Fsp3) is 0.750. The average molecular weight is 385 g/mol. The summed E-state index contributed by atoms with van der Waals surface area (Å²) in [5, 5.41) is 0. The third kappa shape index (κ3) is 9.69. The fourth-order valence-corrected chi connectivity index (χ4v) is 1.49. The van der Waals surface area contributed by atoms with Crippen LogP contribution in [0.5, 0.6) is 0 Å². The number of ether oxygens (including phenoxy) is 1. The molecule has 0 aromatic rings. The van der Waals surface area contributed by atoms with Crippen LogP contribution in [0.4, 0.5) is 0 Å². The standard InChI is InChI=1S/C12H20INO5/c1-12(2,3)18-11(17)8-14(4)9(15)6-5-7-10(16)19-13/h5-8H2,1-4H3. The summed E-state index contributed by atoms with van der Waals surface area (Å²) >= 11 is 1.51. The Morgan fingerprint density at radius 1 is 1.11 bits per heavy atom. The van der Waals surface area contributed by atoms with Gasteiger partial charge in [-0.25, -0.2) is 0 Å². The molecule has 1 amide bonds. The molecule has 0 aliphatic heterocycles. The summed E-state index contributed by atoms with van der Waals surface area (Å²) < 4.78 is 9.55. The molecule has 0 fully saturated rings. The lowest BCUT2D eigenvalue weighted by Gasteiger charge is -2.22. The maximum atomic E-state index is 11.7. The molecule has 110 valence electrons. The molecule has 0 bridgehead atoms. The van der Waals surface area contributed by atoms with Crippen LogP contribution in [0, 0.1) is 0 Å². The normalized spacial score (nSPS) is 10.8. The van der Waals surface area contributed by atoms with Crippen molar-refractivity contribution in [2.45, 2.75) is 45.6 Å². The Balaban J connectivity index is 4.00. The summed E-state index contributed by atoms with van der Waals surface area (Å²) in [6.45, 7) is 5.21. The van der Waals surface area contributed by atoms with E-state index >= 15 is 0 Å². The number of carbonyl (C=O) groups is 3. The van der Waals surface area contributed by atoms with Crippen LogP contribution >= 0.6 is 23.0 Å². The minimum atomic E-state index is -0.564. The zero-order valence-electron chi connectivity index (χ0n) is 11.7. The van der Waals surface area contributed by atoms with Crippen molar-refractivity contribution >= 4 is 40.9 Å². The monoisotopic (exact) mass is 385 g/mol. The van der Waals surface area contributed by atoms with E-state index in [0.29, 0.717) is 6.42 Å². The van der Waals surface area contributed by atoms with E-state index in [1.165, 1.54) is 35.0 Å². The first-order valence-electron chi connectivity index (χ1n) is 5.93. The van der Waals surface area contributed by atoms with Crippen molar-refractivity contribution in [3.63, 3.8) is 0 Å². The summed E-state index contributed by atoms with van der Waals surface area (Å²) in [6, 6.07) is 0. The minimum absolute atomic E-state index is 0.0904. The first-order valence-corrected chi connectivity index (χ1v) is 6.81. The van der Waals surface area contributed by atoms with Crippen LogP contribution in [0.25, 0.3) is 0 Å². The first kappa shape index (κ1) is 18.1. The highest BCUT2D eigenvalue weighted by Gasteiger charge is 2.19. The Hall–Kier alpha value is -0.860. The van der Waals surface area contributed by atoms with Crippen molar-refractivity contribution in [2.24, 2.45) is 0 Å². The van der Waals surface area contributed by atoms with E-state index in [1.807, 2.05) is 0 Å². The molecule has 7 heteroatoms. The highest BCUT2D eigenvalue weighted by Crippen LogP contribution is 2.08. The smallest absolute Gasteiger partial charge is 0.326 e. The molecule has 0 spiro atoms. The molecule has 0 aliphatic rings. The van der Waals surface area contributed by atoms with E-state index in [-0.39, 0.29) is 31.3 Å². The van der Waals surface area contributed by atoms with Crippen LogP contribution in [0.1, 0.15) is 40.0 Å². The lowest BCUT2D eigenvalue weighted by molar-refractivity contribution is -0.158. The van der Waals surface area contributed by atoms with E-state index in [2.05, 4.69) is 3.07 Å². The highest BCUT2D eigenvalue weighted by atomic mass is 127. The van der Waals surface area contributed by atoms with Gasteiger partial charge in [-0.15, -0.1) is 0 Å². The lowest BCUT2D eigenvalue weighted by atomic mass is 10.2. The number of likely N-dealkylation sites (N-methyl/N-ethyl adjacent to an activating group) is 1. The predicted molar refractivity (Wildman–Crippen MR) is 77.4 cm³/mol. The maximum absolute atomic E-state index is 11.7. The second kappa shape index (κ2) is 8.34. The molecule has 0 aromatic carbocycles. The van der Waals surface area contributed by atoms with Crippen LogP contribution in [0.3, 0.4) is 0 Å². The van der Waals surface area contributed by atoms with E-state index in [9.17, 15) is 14.4 Å². The molecular weight excluding hydrogens is 365 g/mol. The Morgan fingerprint density at radius 3 is 2.16 bits per heavy atom. The molecule has 0 aromatic heterocycles. The predicted octanol–water partition coefficient (Wildman–Crippen LogP) is 1.85. The number of hydrogen-bond donors (Lipinski definition) is 0. The number of halogens is 1. The minimum Gasteiger partial charge on any atom is -0.459 e. The van der Waals surface area contributed by atoms with Crippen LogP contribution in [-0.2, 0) is 22.2 Å². The highest BCUT2D eigenvalue weighted by molar-refractivity contribution is 14.1. The molecule has 6 nitrogen and oxygen atoms in total. The number of nitrogens with zero attached hydrogens (tertiary/aromatic N) is 1. The van der Waals surface area contributed by atoms with Crippen LogP contribution in [0.2, 0.25) is 0 Å². The van der Waals surface area contributed by atoms with Crippen LogP contribution < -0.4 is 0 Å². The van der Waals surface area contributed by atoms with Crippen molar-refractivity contribution in [1.82, 2.24) is 4.90 Å². The number of hydrogen-bond acceptors (Lipinski definition) is 5. The van der Waals surface area contributed by atoms with Gasteiger partial charge in [-0.2, -0.15) is 0 Å². The average Bonchev–Trinajstić information content (AvgIpc) is 2.25. The summed E-state index contributed by atoms with van der Waals surface area (Å²) in [6.07, 6.45) is 0.791. The van der Waals surface area contributed by atoms with E-state index in [0.717, 1.165) is 0 Å². The zero-order valence-corrected chi connectivity index (χ0v) is 13.9. The van der Waals surface area contributed by atoms with Crippen molar-refractivity contribution in [1.29, 1.82) is 0 Å². The van der Waals surface area contributed by atoms with E-state index in [4.69, 9.17) is 4.74 Å². The molecule has 0 atom stereocenters. The van der Waals surface area contributed by atoms with Crippen molar-refractivity contribution in [2.75, 3.05) is 13.6 Å². The topological polar surface area (TPSA) is 72.9 Å². The Morgan fingerprint density at radius 2 is 1.68 bits per heavy atom. The van der Waals surface area contributed by atoms with Crippen LogP contribution in [-0.4, -0.2) is 41.9 Å². The zero-order chi connectivity index (χ0) is 15.1. The maximum Gasteiger partial charge on any atom is 0.326 e. The SMILES string of the molecule is CN(CC(=O)OC(C)(C)C)C(=O)CCCC(=O)OI. The Kier molecular flexibility index (Phi) is 7.96. The number of carbonyl (C=O) groups excluding carboxylic acids is 3. The van der Waals surface area contributed by atoms with E-state index in [1.54, 1.807) is 20.8 Å². The first-order chi connectivity index (χ1) is 8.65. The molecule has 0 unspecified atom stereocenters. The molecule has 0 rings (SSSR count). The van der Waals surface area contributed by atoms with Gasteiger partial charge in [-0.05, 0) is 27.2 Å². The van der Waals surface area contributed by atoms with Gasteiger partial charge in [-0.3, -0.25) is 14.4 Å². The fourth-order valence-electron chi connectivity index (χ4n) is 1.27. The van der Waals surface area contributed by atoms with E-state index < -0.39 is 11.6 Å². The third-order valence-corrected chi connectivity index (χ3v) is 2.56. The largest absolute Gasteiger partial charge is 0.459 e. The second-order valence-electron chi connectivity index (χ2n) is 5.14. The Labute approximate surface area is 127 Å². The van der Waals surface area contributed by atoms with Gasteiger partial charge in [0.25, 0.3) is 0 Å². The van der Waals surface area contributed by atoms with Gasteiger partial charge in [0.05, 0.1) is 0 Å².